The van der Waals surface area contributed by atoms with Gasteiger partial charge in [-0.3, -0.25) is 14.4 Å². The molecule has 0 unspecified atom stereocenters. The summed E-state index contributed by atoms with van der Waals surface area (Å²) >= 11 is 0. The Morgan fingerprint density at radius 1 is 1.11 bits per heavy atom. The number of methoxy groups -OCH3 is 1. The standard InChI is InChI=1S/C27H35N3O5/c1-6-25(31)30-15-18(2)24(34-5)16-29(4)27(33)22-13-12-21(14-23(22)35-17-19(30)3)28-26(32)20-10-8-7-9-11-20/h7-14,18-19,24H,6,15-17H2,1-5H3,(H,28,32)/t18-,19+,24+/m1/s1. The molecule has 3 atom stereocenters. The third-order valence-electron chi connectivity index (χ3n) is 6.36. The number of nitrogens with zero attached hydrogens (tertiary/aromatic N) is 2. The zero-order chi connectivity index (χ0) is 25.5. The van der Waals surface area contributed by atoms with Crippen molar-refractivity contribution in [3.05, 3.63) is 59.7 Å². The molecule has 0 aromatic heterocycles. The van der Waals surface area contributed by atoms with E-state index in [-0.39, 0.29) is 42.4 Å². The maximum Gasteiger partial charge on any atom is 0.257 e. The van der Waals surface area contributed by atoms with Gasteiger partial charge in [0, 0.05) is 56.9 Å². The zero-order valence-electron chi connectivity index (χ0n) is 21.1. The van der Waals surface area contributed by atoms with Gasteiger partial charge in [0.05, 0.1) is 17.7 Å². The van der Waals surface area contributed by atoms with Crippen LogP contribution < -0.4 is 10.1 Å². The number of rotatable bonds is 4. The summed E-state index contributed by atoms with van der Waals surface area (Å²) in [6.45, 7) is 6.87. The minimum Gasteiger partial charge on any atom is -0.491 e. The average molecular weight is 482 g/mol. The Balaban J connectivity index is 1.94. The summed E-state index contributed by atoms with van der Waals surface area (Å²) in [4.78, 5) is 42.1. The van der Waals surface area contributed by atoms with Crippen LogP contribution in [0.1, 0.15) is 47.9 Å². The van der Waals surface area contributed by atoms with Crippen LogP contribution in [0.25, 0.3) is 0 Å². The van der Waals surface area contributed by atoms with Crippen LogP contribution in [0.2, 0.25) is 0 Å². The molecule has 1 N–H and O–H groups in total. The van der Waals surface area contributed by atoms with E-state index in [0.717, 1.165) is 0 Å². The minimum atomic E-state index is -0.257. The number of benzene rings is 2. The summed E-state index contributed by atoms with van der Waals surface area (Å²) in [5, 5.41) is 2.86. The molecule has 0 radical (unpaired) electrons. The van der Waals surface area contributed by atoms with Gasteiger partial charge in [0.25, 0.3) is 11.8 Å². The zero-order valence-corrected chi connectivity index (χ0v) is 21.1. The third-order valence-corrected chi connectivity index (χ3v) is 6.36. The molecule has 1 aliphatic rings. The summed E-state index contributed by atoms with van der Waals surface area (Å²) in [7, 11) is 3.35. The number of hydrogen-bond donors (Lipinski definition) is 1. The number of carbonyl (C=O) groups is 3. The summed E-state index contributed by atoms with van der Waals surface area (Å²) in [6.07, 6.45) is 0.149. The molecule has 188 valence electrons. The Morgan fingerprint density at radius 2 is 1.83 bits per heavy atom. The van der Waals surface area contributed by atoms with Gasteiger partial charge < -0.3 is 24.6 Å². The number of amides is 3. The van der Waals surface area contributed by atoms with Crippen molar-refractivity contribution in [3.8, 4) is 5.75 Å². The van der Waals surface area contributed by atoms with Crippen LogP contribution in [0.15, 0.2) is 48.5 Å². The van der Waals surface area contributed by atoms with Crippen LogP contribution in [0, 0.1) is 5.92 Å². The molecule has 35 heavy (non-hydrogen) atoms. The molecule has 0 saturated carbocycles. The monoisotopic (exact) mass is 481 g/mol. The minimum absolute atomic E-state index is 0.0164. The Kier molecular flexibility index (Phi) is 8.87. The maximum absolute atomic E-state index is 13.3. The first-order valence-electron chi connectivity index (χ1n) is 12.0. The highest BCUT2D eigenvalue weighted by molar-refractivity contribution is 6.05. The van der Waals surface area contributed by atoms with Crippen molar-refractivity contribution < 1.29 is 23.9 Å². The number of hydrogen-bond acceptors (Lipinski definition) is 5. The highest BCUT2D eigenvalue weighted by Crippen LogP contribution is 2.27. The number of ether oxygens (including phenoxy) is 2. The van der Waals surface area contributed by atoms with Crippen LogP contribution in [0.4, 0.5) is 5.69 Å². The van der Waals surface area contributed by atoms with Crippen molar-refractivity contribution in [1.82, 2.24) is 9.80 Å². The van der Waals surface area contributed by atoms with Crippen LogP contribution >= 0.6 is 0 Å². The molecule has 0 saturated heterocycles. The number of anilines is 1. The molecule has 3 rings (SSSR count). The van der Waals surface area contributed by atoms with Gasteiger partial charge in [-0.1, -0.05) is 32.0 Å². The third kappa shape index (κ3) is 6.39. The molecule has 0 spiro atoms. The van der Waals surface area contributed by atoms with Crippen LogP contribution in [-0.4, -0.2) is 73.5 Å². The fraction of sp³-hybridized carbons (Fsp3) is 0.444. The predicted molar refractivity (Wildman–Crippen MR) is 135 cm³/mol. The van der Waals surface area contributed by atoms with Crippen molar-refractivity contribution in [2.75, 3.05) is 39.2 Å². The van der Waals surface area contributed by atoms with E-state index in [1.54, 1.807) is 61.5 Å². The van der Waals surface area contributed by atoms with Crippen molar-refractivity contribution in [2.24, 2.45) is 5.92 Å². The van der Waals surface area contributed by atoms with E-state index < -0.39 is 0 Å². The van der Waals surface area contributed by atoms with Gasteiger partial charge in [0.1, 0.15) is 12.4 Å². The summed E-state index contributed by atoms with van der Waals surface area (Å²) in [5.41, 5.74) is 1.42. The number of fused-ring (bicyclic) bond motifs is 1. The lowest BCUT2D eigenvalue weighted by Crippen LogP contribution is -2.48. The molecule has 3 amide bonds. The van der Waals surface area contributed by atoms with Crippen molar-refractivity contribution >= 4 is 23.4 Å². The molecular weight excluding hydrogens is 446 g/mol. The number of carbonyl (C=O) groups excluding carboxylic acids is 3. The molecular formula is C27H35N3O5. The van der Waals surface area contributed by atoms with Gasteiger partial charge in [-0.25, -0.2) is 0 Å². The lowest BCUT2D eigenvalue weighted by Gasteiger charge is -2.36. The van der Waals surface area contributed by atoms with E-state index in [1.165, 1.54) is 0 Å². The van der Waals surface area contributed by atoms with Crippen molar-refractivity contribution in [3.63, 3.8) is 0 Å². The largest absolute Gasteiger partial charge is 0.491 e. The van der Waals surface area contributed by atoms with E-state index in [0.29, 0.717) is 42.1 Å². The fourth-order valence-corrected chi connectivity index (χ4v) is 4.19. The molecule has 0 aliphatic carbocycles. The molecule has 8 heteroatoms. The maximum atomic E-state index is 13.3. The molecule has 0 bridgehead atoms. The van der Waals surface area contributed by atoms with Crippen molar-refractivity contribution in [2.45, 2.75) is 39.3 Å². The SMILES string of the molecule is CCC(=O)N1C[C@@H](C)[C@@H](OC)CN(C)C(=O)c2ccc(NC(=O)c3ccccc3)cc2OC[C@@H]1C. The normalized spacial score (nSPS) is 21.3. The molecule has 1 heterocycles. The highest BCUT2D eigenvalue weighted by Gasteiger charge is 2.30. The first kappa shape index (κ1) is 26.2. The molecule has 8 nitrogen and oxygen atoms in total. The van der Waals surface area contributed by atoms with Crippen LogP contribution in [-0.2, 0) is 9.53 Å². The van der Waals surface area contributed by atoms with E-state index in [1.807, 2.05) is 31.7 Å². The second-order valence-corrected chi connectivity index (χ2v) is 9.03. The van der Waals surface area contributed by atoms with Crippen LogP contribution in [0.3, 0.4) is 0 Å². The molecule has 2 aromatic carbocycles. The highest BCUT2D eigenvalue weighted by atomic mass is 16.5. The van der Waals surface area contributed by atoms with E-state index in [9.17, 15) is 14.4 Å². The molecule has 0 fully saturated rings. The lowest BCUT2D eigenvalue weighted by molar-refractivity contribution is -0.135. The summed E-state index contributed by atoms with van der Waals surface area (Å²) < 4.78 is 11.8. The number of nitrogens with one attached hydrogen (secondary N) is 1. The molecule has 2 aromatic rings. The first-order valence-corrected chi connectivity index (χ1v) is 12.0. The number of likely N-dealkylation sites (N-methyl/N-ethyl adjacent to an activating group) is 1. The van der Waals surface area contributed by atoms with E-state index in [2.05, 4.69) is 5.32 Å². The average Bonchev–Trinajstić information content (AvgIpc) is 2.87. The topological polar surface area (TPSA) is 88.2 Å². The van der Waals surface area contributed by atoms with Crippen molar-refractivity contribution in [1.29, 1.82) is 0 Å². The van der Waals surface area contributed by atoms with Gasteiger partial charge >= 0.3 is 0 Å². The second-order valence-electron chi connectivity index (χ2n) is 9.03. The van der Waals surface area contributed by atoms with Gasteiger partial charge in [-0.05, 0) is 31.2 Å². The fourth-order valence-electron chi connectivity index (χ4n) is 4.19. The van der Waals surface area contributed by atoms with Gasteiger partial charge in [0.2, 0.25) is 5.91 Å². The predicted octanol–water partition coefficient (Wildman–Crippen LogP) is 3.68. The first-order chi connectivity index (χ1) is 16.7. The summed E-state index contributed by atoms with van der Waals surface area (Å²) in [6, 6.07) is 13.7. The summed E-state index contributed by atoms with van der Waals surface area (Å²) in [5.74, 6) is -0.0563. The lowest BCUT2D eigenvalue weighted by atomic mass is 10.0. The Morgan fingerprint density at radius 3 is 2.49 bits per heavy atom. The van der Waals surface area contributed by atoms with Gasteiger partial charge in [-0.15, -0.1) is 0 Å². The van der Waals surface area contributed by atoms with Crippen LogP contribution in [0.5, 0.6) is 5.75 Å². The smallest absolute Gasteiger partial charge is 0.257 e. The van der Waals surface area contributed by atoms with E-state index >= 15 is 0 Å². The van der Waals surface area contributed by atoms with Gasteiger partial charge in [0.15, 0.2) is 0 Å². The quantitative estimate of drug-likeness (QED) is 0.720. The Bertz CT molecular complexity index is 1040. The van der Waals surface area contributed by atoms with E-state index in [4.69, 9.17) is 9.47 Å². The Hall–Kier alpha value is -3.39. The Labute approximate surface area is 207 Å². The molecule has 1 aliphatic heterocycles. The van der Waals surface area contributed by atoms with Gasteiger partial charge in [-0.2, -0.15) is 0 Å². The second kappa shape index (κ2) is 11.8.